The summed E-state index contributed by atoms with van der Waals surface area (Å²) in [7, 11) is 1.54. The van der Waals surface area contributed by atoms with Crippen LogP contribution in [0, 0.1) is 11.3 Å². The fourth-order valence-electron chi connectivity index (χ4n) is 4.19. The SMILES string of the molecule is CNC(=O)c1nc(CN2CCC3(CCC(=O)N(CC4CC4)C3)CC2)no1. The monoisotopic (exact) mass is 361 g/mol. The first-order valence-electron chi connectivity index (χ1n) is 9.62. The Bertz CT molecular complexity index is 676. The lowest BCUT2D eigenvalue weighted by Crippen LogP contribution is -2.51. The van der Waals surface area contributed by atoms with Gasteiger partial charge in [-0.25, -0.2) is 0 Å². The van der Waals surface area contributed by atoms with Gasteiger partial charge in [0, 0.05) is 26.6 Å². The third-order valence-electron chi connectivity index (χ3n) is 6.09. The molecule has 0 unspecified atom stereocenters. The molecule has 3 heterocycles. The van der Waals surface area contributed by atoms with Crippen LogP contribution in [-0.2, 0) is 11.3 Å². The molecule has 1 aromatic rings. The van der Waals surface area contributed by atoms with Crippen LogP contribution in [0.3, 0.4) is 0 Å². The van der Waals surface area contributed by atoms with Gasteiger partial charge < -0.3 is 14.7 Å². The van der Waals surface area contributed by atoms with Crippen LogP contribution < -0.4 is 5.32 Å². The maximum atomic E-state index is 12.2. The molecule has 142 valence electrons. The minimum absolute atomic E-state index is 0.0116. The average Bonchev–Trinajstić information content (AvgIpc) is 3.35. The van der Waals surface area contributed by atoms with E-state index in [9.17, 15) is 9.59 Å². The number of likely N-dealkylation sites (tertiary alicyclic amines) is 2. The highest BCUT2D eigenvalue weighted by atomic mass is 16.5. The van der Waals surface area contributed by atoms with Crippen LogP contribution in [0.4, 0.5) is 0 Å². The Morgan fingerprint density at radius 1 is 1.31 bits per heavy atom. The van der Waals surface area contributed by atoms with Crippen LogP contribution in [0.2, 0.25) is 0 Å². The zero-order valence-corrected chi connectivity index (χ0v) is 15.4. The van der Waals surface area contributed by atoms with Crippen molar-refractivity contribution >= 4 is 11.8 Å². The second-order valence-corrected chi connectivity index (χ2v) is 8.09. The second kappa shape index (κ2) is 6.98. The van der Waals surface area contributed by atoms with E-state index < -0.39 is 0 Å². The summed E-state index contributed by atoms with van der Waals surface area (Å²) in [6, 6.07) is 0. The fourth-order valence-corrected chi connectivity index (χ4v) is 4.19. The molecule has 8 heteroatoms. The molecule has 2 aliphatic heterocycles. The van der Waals surface area contributed by atoms with Crippen molar-refractivity contribution in [3.8, 4) is 0 Å². The van der Waals surface area contributed by atoms with Gasteiger partial charge in [-0.3, -0.25) is 14.5 Å². The molecular weight excluding hydrogens is 334 g/mol. The fraction of sp³-hybridized carbons (Fsp3) is 0.778. The van der Waals surface area contributed by atoms with E-state index in [0.29, 0.717) is 24.7 Å². The molecule has 1 aromatic heterocycles. The molecule has 0 aromatic carbocycles. The Morgan fingerprint density at radius 2 is 2.08 bits per heavy atom. The van der Waals surface area contributed by atoms with E-state index in [1.165, 1.54) is 19.9 Å². The van der Waals surface area contributed by atoms with Gasteiger partial charge in [0.15, 0.2) is 5.82 Å². The Kier molecular flexibility index (Phi) is 4.69. The van der Waals surface area contributed by atoms with Crippen molar-refractivity contribution in [3.63, 3.8) is 0 Å². The van der Waals surface area contributed by atoms with Crippen LogP contribution in [0.5, 0.6) is 0 Å². The highest BCUT2D eigenvalue weighted by molar-refractivity contribution is 5.89. The Balaban J connectivity index is 1.31. The van der Waals surface area contributed by atoms with Crippen molar-refractivity contribution in [3.05, 3.63) is 11.7 Å². The van der Waals surface area contributed by atoms with Crippen molar-refractivity contribution in [1.29, 1.82) is 0 Å². The number of carbonyl (C=O) groups excluding carboxylic acids is 2. The molecule has 0 atom stereocenters. The van der Waals surface area contributed by atoms with Gasteiger partial charge in [-0.05, 0) is 56.5 Å². The summed E-state index contributed by atoms with van der Waals surface area (Å²) in [6.07, 6.45) is 6.49. The predicted molar refractivity (Wildman–Crippen MR) is 93.2 cm³/mol. The molecular formula is C18H27N5O3. The third kappa shape index (κ3) is 3.75. The molecule has 0 bridgehead atoms. The van der Waals surface area contributed by atoms with E-state index in [4.69, 9.17) is 4.52 Å². The molecule has 3 fully saturated rings. The summed E-state index contributed by atoms with van der Waals surface area (Å²) in [5, 5.41) is 6.39. The highest BCUT2D eigenvalue weighted by Gasteiger charge is 2.42. The van der Waals surface area contributed by atoms with Crippen LogP contribution in [-0.4, -0.2) is 65.0 Å². The maximum Gasteiger partial charge on any atom is 0.315 e. The van der Waals surface area contributed by atoms with Crippen LogP contribution in [0.15, 0.2) is 4.52 Å². The number of amides is 2. The van der Waals surface area contributed by atoms with E-state index in [2.05, 4.69) is 25.3 Å². The summed E-state index contributed by atoms with van der Waals surface area (Å²) >= 11 is 0. The van der Waals surface area contributed by atoms with Gasteiger partial charge in [0.25, 0.3) is 0 Å². The molecule has 1 N–H and O–H groups in total. The standard InChI is InChI=1S/C18H27N5O3/c1-19-16(25)17-20-14(21-26-17)11-22-8-6-18(7-9-22)5-4-15(24)23(12-18)10-13-2-3-13/h13H,2-12H2,1H3,(H,19,25). The number of carbonyl (C=O) groups is 2. The number of hydrogen-bond acceptors (Lipinski definition) is 6. The lowest BCUT2D eigenvalue weighted by molar-refractivity contribution is -0.139. The van der Waals surface area contributed by atoms with Crippen molar-refractivity contribution in [2.45, 2.75) is 45.1 Å². The zero-order valence-electron chi connectivity index (χ0n) is 15.4. The Labute approximate surface area is 153 Å². The summed E-state index contributed by atoms with van der Waals surface area (Å²) in [5.74, 6) is 1.30. The van der Waals surface area contributed by atoms with E-state index >= 15 is 0 Å². The molecule has 26 heavy (non-hydrogen) atoms. The summed E-state index contributed by atoms with van der Waals surface area (Å²) in [4.78, 5) is 32.3. The van der Waals surface area contributed by atoms with Crippen molar-refractivity contribution in [2.24, 2.45) is 11.3 Å². The molecule has 8 nitrogen and oxygen atoms in total. The number of rotatable bonds is 5. The lowest BCUT2D eigenvalue weighted by Gasteiger charge is -2.47. The van der Waals surface area contributed by atoms with Crippen molar-refractivity contribution in [1.82, 2.24) is 25.3 Å². The zero-order chi connectivity index (χ0) is 18.1. The minimum atomic E-state index is -0.357. The summed E-state index contributed by atoms with van der Waals surface area (Å²) in [6.45, 7) is 4.43. The number of nitrogens with one attached hydrogen (secondary N) is 1. The van der Waals surface area contributed by atoms with Gasteiger partial charge in [0.1, 0.15) is 0 Å². The van der Waals surface area contributed by atoms with Crippen LogP contribution in [0.1, 0.15) is 55.0 Å². The van der Waals surface area contributed by atoms with Crippen LogP contribution >= 0.6 is 0 Å². The van der Waals surface area contributed by atoms with Gasteiger partial charge in [0.05, 0.1) is 6.54 Å². The summed E-state index contributed by atoms with van der Waals surface area (Å²) < 4.78 is 4.99. The molecule has 3 aliphatic rings. The maximum absolute atomic E-state index is 12.2. The van der Waals surface area contributed by atoms with E-state index in [-0.39, 0.29) is 17.2 Å². The van der Waals surface area contributed by atoms with Crippen molar-refractivity contribution in [2.75, 3.05) is 33.2 Å². The van der Waals surface area contributed by atoms with Gasteiger partial charge in [-0.1, -0.05) is 5.16 Å². The predicted octanol–water partition coefficient (Wildman–Crippen LogP) is 1.04. The average molecular weight is 361 g/mol. The molecule has 1 spiro atoms. The number of aromatic nitrogens is 2. The van der Waals surface area contributed by atoms with E-state index in [1.807, 2.05) is 0 Å². The highest BCUT2D eigenvalue weighted by Crippen LogP contribution is 2.41. The smallest absolute Gasteiger partial charge is 0.315 e. The molecule has 1 aliphatic carbocycles. The minimum Gasteiger partial charge on any atom is -0.351 e. The first-order chi connectivity index (χ1) is 12.6. The number of hydrogen-bond donors (Lipinski definition) is 1. The molecule has 2 amide bonds. The third-order valence-corrected chi connectivity index (χ3v) is 6.09. The van der Waals surface area contributed by atoms with E-state index in [0.717, 1.165) is 51.4 Å². The van der Waals surface area contributed by atoms with Gasteiger partial charge >= 0.3 is 11.8 Å². The Hall–Kier alpha value is -1.96. The second-order valence-electron chi connectivity index (χ2n) is 8.09. The van der Waals surface area contributed by atoms with Gasteiger partial charge in [-0.2, -0.15) is 4.98 Å². The lowest BCUT2D eigenvalue weighted by atomic mass is 9.72. The van der Waals surface area contributed by atoms with Crippen LogP contribution in [0.25, 0.3) is 0 Å². The molecule has 4 rings (SSSR count). The molecule has 1 saturated carbocycles. The first-order valence-corrected chi connectivity index (χ1v) is 9.62. The van der Waals surface area contributed by atoms with Crippen molar-refractivity contribution < 1.29 is 14.1 Å². The van der Waals surface area contributed by atoms with E-state index in [1.54, 1.807) is 0 Å². The molecule has 0 radical (unpaired) electrons. The Morgan fingerprint density at radius 3 is 2.77 bits per heavy atom. The van der Waals surface area contributed by atoms with Gasteiger partial charge in [0.2, 0.25) is 5.91 Å². The normalized spacial score (nSPS) is 23.4. The summed E-state index contributed by atoms with van der Waals surface area (Å²) in [5.41, 5.74) is 0.282. The topological polar surface area (TPSA) is 91.6 Å². The largest absolute Gasteiger partial charge is 0.351 e. The number of piperidine rings is 2. The molecule has 2 saturated heterocycles. The quantitative estimate of drug-likeness (QED) is 0.843. The number of nitrogens with zero attached hydrogens (tertiary/aromatic N) is 4. The first kappa shape index (κ1) is 17.5. The van der Waals surface area contributed by atoms with Gasteiger partial charge in [-0.15, -0.1) is 0 Å².